The molecule has 2 N–H and O–H groups in total. The number of hydrogen-bond acceptors (Lipinski definition) is 3. The van der Waals surface area contributed by atoms with E-state index in [2.05, 4.69) is 20.3 Å². The van der Waals surface area contributed by atoms with Crippen LogP contribution in [-0.4, -0.2) is 15.0 Å². The van der Waals surface area contributed by atoms with Crippen molar-refractivity contribution in [1.29, 1.82) is 0 Å². The van der Waals surface area contributed by atoms with Crippen LogP contribution in [0.5, 0.6) is 0 Å². The highest BCUT2D eigenvalue weighted by atomic mass is 35.5. The lowest BCUT2D eigenvalue weighted by molar-refractivity contribution is 1.26. The number of benzene rings is 2. The van der Waals surface area contributed by atoms with E-state index in [-0.39, 0.29) is 12.4 Å². The fourth-order valence-electron chi connectivity index (χ4n) is 2.79. The van der Waals surface area contributed by atoms with E-state index in [1.165, 1.54) is 0 Å². The molecule has 4 nitrogen and oxygen atoms in total. The number of anilines is 2. The first-order valence-corrected chi connectivity index (χ1v) is 7.76. The fraction of sp³-hybridized carbons (Fsp3) is 0.111. The Balaban J connectivity index is 0.00000169. The maximum atomic E-state index is 6.24. The van der Waals surface area contributed by atoms with Crippen LogP contribution in [0.25, 0.3) is 21.9 Å². The van der Waals surface area contributed by atoms with Crippen molar-refractivity contribution < 1.29 is 0 Å². The van der Waals surface area contributed by atoms with Gasteiger partial charge in [0.2, 0.25) is 0 Å². The number of rotatable bonds is 2. The molecule has 4 rings (SSSR count). The van der Waals surface area contributed by atoms with Crippen molar-refractivity contribution in [3.05, 3.63) is 59.0 Å². The molecule has 2 heterocycles. The summed E-state index contributed by atoms with van der Waals surface area (Å²) >= 11 is 6.24. The van der Waals surface area contributed by atoms with Crippen molar-refractivity contribution in [3.63, 3.8) is 0 Å². The molecule has 0 radical (unpaired) electrons. The largest absolute Gasteiger partial charge is 0.355 e. The first-order chi connectivity index (χ1) is 11.1. The SMILES string of the molecule is Cc1cc(Nc2ccc(C)c(Cl)c2)c2c(ccc3nc[nH]c32)n1.Cl. The minimum absolute atomic E-state index is 0. The second-order valence-electron chi connectivity index (χ2n) is 5.66. The first-order valence-electron chi connectivity index (χ1n) is 7.38. The molecule has 2 aromatic heterocycles. The van der Waals surface area contributed by atoms with Crippen LogP contribution < -0.4 is 5.32 Å². The van der Waals surface area contributed by atoms with Gasteiger partial charge in [0.15, 0.2) is 0 Å². The maximum absolute atomic E-state index is 6.24. The number of imidazole rings is 1. The number of aryl methyl sites for hydroxylation is 2. The van der Waals surface area contributed by atoms with Gasteiger partial charge in [-0.05, 0) is 49.7 Å². The van der Waals surface area contributed by atoms with E-state index in [1.807, 2.05) is 50.2 Å². The van der Waals surface area contributed by atoms with E-state index in [9.17, 15) is 0 Å². The summed E-state index contributed by atoms with van der Waals surface area (Å²) in [4.78, 5) is 12.2. The van der Waals surface area contributed by atoms with Gasteiger partial charge in [-0.2, -0.15) is 0 Å². The Bertz CT molecular complexity index is 1040. The summed E-state index contributed by atoms with van der Waals surface area (Å²) in [5.74, 6) is 0. The Morgan fingerprint density at radius 2 is 1.83 bits per heavy atom. The predicted octanol–water partition coefficient (Wildman–Crippen LogP) is 5.55. The molecule has 0 saturated carbocycles. The van der Waals surface area contributed by atoms with Crippen LogP contribution in [0, 0.1) is 13.8 Å². The van der Waals surface area contributed by atoms with Crippen molar-refractivity contribution in [2.75, 3.05) is 5.32 Å². The Morgan fingerprint density at radius 1 is 1.04 bits per heavy atom. The molecular weight excluding hydrogens is 343 g/mol. The summed E-state index contributed by atoms with van der Waals surface area (Å²) in [6.07, 6.45) is 1.70. The quantitative estimate of drug-likeness (QED) is 0.494. The van der Waals surface area contributed by atoms with E-state index in [0.717, 1.165) is 49.6 Å². The molecule has 0 aliphatic rings. The number of H-pyrrole nitrogens is 1. The monoisotopic (exact) mass is 358 g/mol. The van der Waals surface area contributed by atoms with Crippen LogP contribution in [-0.2, 0) is 0 Å². The molecule has 0 amide bonds. The van der Waals surface area contributed by atoms with Crippen molar-refractivity contribution in [2.45, 2.75) is 13.8 Å². The van der Waals surface area contributed by atoms with E-state index in [4.69, 9.17) is 11.6 Å². The molecule has 0 bridgehead atoms. The van der Waals surface area contributed by atoms with Crippen LogP contribution in [0.4, 0.5) is 11.4 Å². The number of pyridine rings is 1. The van der Waals surface area contributed by atoms with Crippen LogP contribution in [0.3, 0.4) is 0 Å². The van der Waals surface area contributed by atoms with E-state index in [1.54, 1.807) is 6.33 Å². The second kappa shape index (κ2) is 6.30. The number of fused-ring (bicyclic) bond motifs is 3. The van der Waals surface area contributed by atoms with Crippen LogP contribution in [0.1, 0.15) is 11.3 Å². The molecule has 0 spiro atoms. The normalized spacial score (nSPS) is 10.8. The van der Waals surface area contributed by atoms with Crippen molar-refractivity contribution >= 4 is 57.3 Å². The lowest BCUT2D eigenvalue weighted by atomic mass is 10.1. The van der Waals surface area contributed by atoms with Crippen LogP contribution >= 0.6 is 24.0 Å². The van der Waals surface area contributed by atoms with Gasteiger partial charge in [0.05, 0.1) is 28.6 Å². The van der Waals surface area contributed by atoms with E-state index in [0.29, 0.717) is 0 Å². The van der Waals surface area contributed by atoms with Crippen molar-refractivity contribution in [3.8, 4) is 0 Å². The third-order valence-corrected chi connectivity index (χ3v) is 4.35. The smallest absolute Gasteiger partial charge is 0.0932 e. The molecule has 2 aromatic carbocycles. The van der Waals surface area contributed by atoms with Crippen LogP contribution in [0.2, 0.25) is 5.02 Å². The van der Waals surface area contributed by atoms with Gasteiger partial charge in [0, 0.05) is 21.8 Å². The van der Waals surface area contributed by atoms with Crippen molar-refractivity contribution in [2.24, 2.45) is 0 Å². The Hall–Kier alpha value is -2.30. The van der Waals surface area contributed by atoms with Crippen LogP contribution in [0.15, 0.2) is 42.7 Å². The molecule has 0 fully saturated rings. The molecule has 122 valence electrons. The number of halogens is 2. The average molecular weight is 359 g/mol. The second-order valence-corrected chi connectivity index (χ2v) is 6.06. The number of aromatic amines is 1. The lowest BCUT2D eigenvalue weighted by Gasteiger charge is -2.12. The molecule has 24 heavy (non-hydrogen) atoms. The van der Waals surface area contributed by atoms with Crippen molar-refractivity contribution in [1.82, 2.24) is 15.0 Å². The van der Waals surface area contributed by atoms with Gasteiger partial charge in [-0.25, -0.2) is 4.98 Å². The zero-order valence-corrected chi connectivity index (χ0v) is 14.8. The van der Waals surface area contributed by atoms with Gasteiger partial charge >= 0.3 is 0 Å². The predicted molar refractivity (Wildman–Crippen MR) is 103 cm³/mol. The average Bonchev–Trinajstić information content (AvgIpc) is 2.99. The Labute approximate surface area is 150 Å². The third kappa shape index (κ3) is 2.79. The zero-order valence-electron chi connectivity index (χ0n) is 13.2. The van der Waals surface area contributed by atoms with Gasteiger partial charge < -0.3 is 10.3 Å². The highest BCUT2D eigenvalue weighted by Gasteiger charge is 2.10. The van der Waals surface area contributed by atoms with Gasteiger partial charge in [0.25, 0.3) is 0 Å². The molecular formula is C18H16Cl2N4. The zero-order chi connectivity index (χ0) is 16.0. The number of nitrogens with one attached hydrogen (secondary N) is 2. The summed E-state index contributed by atoms with van der Waals surface area (Å²) in [6.45, 7) is 3.98. The van der Waals surface area contributed by atoms with Gasteiger partial charge in [-0.15, -0.1) is 12.4 Å². The molecule has 0 aliphatic carbocycles. The first kappa shape index (κ1) is 16.6. The summed E-state index contributed by atoms with van der Waals surface area (Å²) in [7, 11) is 0. The Morgan fingerprint density at radius 3 is 2.62 bits per heavy atom. The number of hydrogen-bond donors (Lipinski definition) is 2. The number of aromatic nitrogens is 3. The summed E-state index contributed by atoms with van der Waals surface area (Å²) in [5, 5.41) is 5.24. The molecule has 0 saturated heterocycles. The van der Waals surface area contributed by atoms with Gasteiger partial charge in [0.1, 0.15) is 0 Å². The van der Waals surface area contributed by atoms with E-state index < -0.39 is 0 Å². The molecule has 4 aromatic rings. The highest BCUT2D eigenvalue weighted by Crippen LogP contribution is 2.32. The maximum Gasteiger partial charge on any atom is 0.0932 e. The summed E-state index contributed by atoms with van der Waals surface area (Å²) in [5.41, 5.74) is 6.79. The topological polar surface area (TPSA) is 53.6 Å². The molecule has 0 aliphatic heterocycles. The molecule has 6 heteroatoms. The minimum atomic E-state index is 0. The molecule has 0 atom stereocenters. The van der Waals surface area contributed by atoms with E-state index >= 15 is 0 Å². The number of nitrogens with zero attached hydrogens (tertiary/aromatic N) is 2. The summed E-state index contributed by atoms with van der Waals surface area (Å²) in [6, 6.07) is 12.0. The van der Waals surface area contributed by atoms with Gasteiger partial charge in [-0.1, -0.05) is 17.7 Å². The minimum Gasteiger partial charge on any atom is -0.355 e. The lowest BCUT2D eigenvalue weighted by Crippen LogP contribution is -1.96. The highest BCUT2D eigenvalue weighted by molar-refractivity contribution is 6.31. The fourth-order valence-corrected chi connectivity index (χ4v) is 2.98. The standard InChI is InChI=1S/C18H15ClN4.ClH/c1-10-3-4-12(8-13(10)19)23-16-7-11(2)22-14-5-6-15-18(17(14)16)21-9-20-15;/h3-9H,1-2H3,(H,20,21)(H,22,23);1H. The summed E-state index contributed by atoms with van der Waals surface area (Å²) < 4.78 is 0. The third-order valence-electron chi connectivity index (χ3n) is 3.94. The molecule has 0 unspecified atom stereocenters. The Kier molecular flexibility index (Phi) is 4.35. The van der Waals surface area contributed by atoms with Gasteiger partial charge in [-0.3, -0.25) is 4.98 Å².